The van der Waals surface area contributed by atoms with Crippen LogP contribution in [0.1, 0.15) is 43.5 Å². The monoisotopic (exact) mass is 866 g/mol. The van der Waals surface area contributed by atoms with Crippen LogP contribution in [0, 0.1) is 7.14 Å². The summed E-state index contributed by atoms with van der Waals surface area (Å²) in [6, 6.07) is 16.6. The quantitative estimate of drug-likeness (QED) is 0.127. The fraction of sp³-hybridized carbons (Fsp3) is 0.265. The number of benzene rings is 3. The van der Waals surface area contributed by atoms with Crippen LogP contribution in [0.4, 0.5) is 0 Å². The molecular formula is C34H32I2N2O7S. The van der Waals surface area contributed by atoms with Gasteiger partial charge in [-0.2, -0.15) is 0 Å². The van der Waals surface area contributed by atoms with Crippen molar-refractivity contribution in [2.45, 2.75) is 33.4 Å². The predicted octanol–water partition coefficient (Wildman–Crippen LogP) is 6.00. The Morgan fingerprint density at radius 2 is 1.61 bits per heavy atom. The number of nitrogens with zero attached hydrogens (tertiary/aromatic N) is 2. The molecule has 0 saturated carbocycles. The molecule has 0 fully saturated rings. The molecular weight excluding hydrogens is 834 g/mol. The first kappa shape index (κ1) is 34.0. The Labute approximate surface area is 297 Å². The van der Waals surface area contributed by atoms with Crippen LogP contribution in [-0.4, -0.2) is 37.5 Å². The van der Waals surface area contributed by atoms with E-state index >= 15 is 0 Å². The molecule has 5 rings (SSSR count). The Hall–Kier alpha value is -3.37. The van der Waals surface area contributed by atoms with Crippen molar-refractivity contribution in [3.8, 4) is 23.0 Å². The first-order valence-electron chi connectivity index (χ1n) is 14.6. The molecule has 12 heteroatoms. The first-order chi connectivity index (χ1) is 22.3. The van der Waals surface area contributed by atoms with Crippen LogP contribution in [0.5, 0.6) is 23.0 Å². The lowest BCUT2D eigenvalue weighted by atomic mass is 9.97. The van der Waals surface area contributed by atoms with Gasteiger partial charge < -0.3 is 23.7 Å². The molecule has 1 aliphatic heterocycles. The number of rotatable bonds is 12. The number of fused-ring (bicyclic) bond motifs is 1. The summed E-state index contributed by atoms with van der Waals surface area (Å²) in [7, 11) is 1.31. The van der Waals surface area contributed by atoms with Crippen LogP contribution in [-0.2, 0) is 16.1 Å². The van der Waals surface area contributed by atoms with Crippen molar-refractivity contribution in [3.05, 3.63) is 110 Å². The highest BCUT2D eigenvalue weighted by atomic mass is 127. The third-order valence-electron chi connectivity index (χ3n) is 6.93. The maximum atomic E-state index is 14.1. The zero-order valence-electron chi connectivity index (χ0n) is 25.7. The van der Waals surface area contributed by atoms with Crippen LogP contribution in [0.3, 0.4) is 0 Å². The standard InChI is InChI=1S/C34H32I2N2O7S/c1-5-42-26-13-10-22(17-27(26)43-6-2)30-24(33(40)41-4)18-37-34-38(30)32(39)29(46-34)16-21-14-25(36)31(28(15-21)44-7-3)45-19-20-8-11-23(35)12-9-20/h8-18,30H,5-7,19H2,1-4H3/b29-16-/t30-/m1/s1. The second-order valence-corrected chi connectivity index (χ2v) is 13.3. The predicted molar refractivity (Wildman–Crippen MR) is 194 cm³/mol. The molecule has 2 heterocycles. The van der Waals surface area contributed by atoms with Gasteiger partial charge in [-0.15, -0.1) is 0 Å². The minimum absolute atomic E-state index is 0.232. The van der Waals surface area contributed by atoms with Crippen LogP contribution in [0.15, 0.2) is 76.2 Å². The number of hydrogen-bond acceptors (Lipinski definition) is 9. The molecule has 4 aromatic rings. The molecule has 0 amide bonds. The molecule has 0 bridgehead atoms. The van der Waals surface area contributed by atoms with Gasteiger partial charge in [-0.1, -0.05) is 29.5 Å². The second kappa shape index (κ2) is 15.5. The summed E-state index contributed by atoms with van der Waals surface area (Å²) in [5.74, 6) is 1.75. The van der Waals surface area contributed by atoms with Crippen molar-refractivity contribution in [2.75, 3.05) is 26.9 Å². The average molecular weight is 867 g/mol. The smallest absolute Gasteiger partial charge is 0.337 e. The Balaban J connectivity index is 1.57. The van der Waals surface area contributed by atoms with Gasteiger partial charge in [0.05, 0.1) is 46.6 Å². The number of hydrogen-bond donors (Lipinski definition) is 0. The molecule has 240 valence electrons. The Morgan fingerprint density at radius 3 is 2.30 bits per heavy atom. The second-order valence-electron chi connectivity index (χ2n) is 9.93. The first-order valence-corrected chi connectivity index (χ1v) is 17.6. The molecule has 3 aromatic carbocycles. The molecule has 0 saturated heterocycles. The van der Waals surface area contributed by atoms with Crippen molar-refractivity contribution in [3.63, 3.8) is 0 Å². The number of aromatic nitrogens is 1. The molecule has 1 aliphatic rings. The number of methoxy groups -OCH3 is 1. The highest BCUT2D eigenvalue weighted by Crippen LogP contribution is 2.36. The van der Waals surface area contributed by atoms with E-state index < -0.39 is 12.0 Å². The van der Waals surface area contributed by atoms with Crippen molar-refractivity contribution < 1.29 is 28.5 Å². The number of carbonyl (C=O) groups is 1. The van der Waals surface area contributed by atoms with Crippen LogP contribution < -0.4 is 33.8 Å². The summed E-state index contributed by atoms with van der Waals surface area (Å²) in [5.41, 5.74) is 2.42. The average Bonchev–Trinajstić information content (AvgIpc) is 3.36. The van der Waals surface area contributed by atoms with E-state index in [4.69, 9.17) is 23.7 Å². The summed E-state index contributed by atoms with van der Waals surface area (Å²) in [6.45, 7) is 7.41. The molecule has 0 N–H and O–H groups in total. The lowest BCUT2D eigenvalue weighted by Crippen LogP contribution is -2.39. The van der Waals surface area contributed by atoms with Gasteiger partial charge in [-0.05, 0) is 125 Å². The van der Waals surface area contributed by atoms with Gasteiger partial charge in [0, 0.05) is 9.77 Å². The molecule has 0 spiro atoms. The summed E-state index contributed by atoms with van der Waals surface area (Å²) in [5, 5.41) is 0. The molecule has 1 aromatic heterocycles. The highest BCUT2D eigenvalue weighted by molar-refractivity contribution is 14.1. The Kier molecular flexibility index (Phi) is 11.4. The van der Waals surface area contributed by atoms with E-state index in [-0.39, 0.29) is 11.1 Å². The Bertz CT molecular complexity index is 1950. The third kappa shape index (κ3) is 7.44. The molecule has 0 radical (unpaired) electrons. The van der Waals surface area contributed by atoms with Gasteiger partial charge in [0.15, 0.2) is 27.8 Å². The van der Waals surface area contributed by atoms with Crippen molar-refractivity contribution in [2.24, 2.45) is 4.99 Å². The minimum Gasteiger partial charge on any atom is -0.490 e. The number of thiazole rings is 1. The molecule has 46 heavy (non-hydrogen) atoms. The minimum atomic E-state index is -0.781. The number of halogens is 2. The van der Waals surface area contributed by atoms with Gasteiger partial charge in [0.2, 0.25) is 0 Å². The largest absolute Gasteiger partial charge is 0.490 e. The van der Waals surface area contributed by atoms with E-state index in [9.17, 15) is 9.59 Å². The van der Waals surface area contributed by atoms with Gasteiger partial charge in [0.25, 0.3) is 5.56 Å². The zero-order chi connectivity index (χ0) is 32.8. The molecule has 0 unspecified atom stereocenters. The summed E-state index contributed by atoms with van der Waals surface area (Å²) in [4.78, 5) is 31.9. The normalized spacial score (nSPS) is 14.2. The number of esters is 1. The summed E-state index contributed by atoms with van der Waals surface area (Å²) >= 11 is 5.74. The van der Waals surface area contributed by atoms with E-state index in [0.717, 1.165) is 18.3 Å². The highest BCUT2D eigenvalue weighted by Gasteiger charge is 2.31. The van der Waals surface area contributed by atoms with Crippen molar-refractivity contribution in [1.29, 1.82) is 0 Å². The number of ether oxygens (including phenoxy) is 5. The van der Waals surface area contributed by atoms with Crippen LogP contribution >= 0.6 is 56.5 Å². The SMILES string of the molecule is CCOc1ccc([C@@H]2C(C(=O)OC)=CN=c3s/c(=C\c4cc(I)c(OCc5ccc(I)cc5)c(OCC)c4)c(=O)n32)cc1OCC. The van der Waals surface area contributed by atoms with Crippen molar-refractivity contribution >= 4 is 68.6 Å². The lowest BCUT2D eigenvalue weighted by Gasteiger charge is -2.23. The summed E-state index contributed by atoms with van der Waals surface area (Å²) < 4.78 is 32.8. The summed E-state index contributed by atoms with van der Waals surface area (Å²) in [6.07, 6.45) is 3.28. The van der Waals surface area contributed by atoms with Crippen LogP contribution in [0.25, 0.3) is 6.08 Å². The van der Waals surface area contributed by atoms with Gasteiger partial charge >= 0.3 is 5.97 Å². The van der Waals surface area contributed by atoms with E-state index in [1.165, 1.54) is 29.2 Å². The van der Waals surface area contributed by atoms with E-state index in [2.05, 4.69) is 50.2 Å². The van der Waals surface area contributed by atoms with Crippen LogP contribution in [0.2, 0.25) is 0 Å². The number of carbonyl (C=O) groups excluding carboxylic acids is 1. The zero-order valence-corrected chi connectivity index (χ0v) is 30.8. The fourth-order valence-corrected chi connectivity index (χ4v) is 7.06. The third-order valence-corrected chi connectivity index (χ3v) is 9.45. The molecule has 0 aliphatic carbocycles. The van der Waals surface area contributed by atoms with E-state index in [1.54, 1.807) is 18.2 Å². The van der Waals surface area contributed by atoms with Gasteiger partial charge in [0.1, 0.15) is 6.61 Å². The maximum absolute atomic E-state index is 14.1. The van der Waals surface area contributed by atoms with Crippen molar-refractivity contribution in [1.82, 2.24) is 4.57 Å². The van der Waals surface area contributed by atoms with Gasteiger partial charge in [-0.3, -0.25) is 9.36 Å². The van der Waals surface area contributed by atoms with E-state index in [0.29, 0.717) is 64.3 Å². The van der Waals surface area contributed by atoms with Gasteiger partial charge in [-0.25, -0.2) is 9.79 Å². The topological polar surface area (TPSA) is 97.6 Å². The van der Waals surface area contributed by atoms with E-state index in [1.807, 2.05) is 63.2 Å². The molecule has 1 atom stereocenters. The maximum Gasteiger partial charge on any atom is 0.337 e. The fourth-order valence-electron chi connectivity index (χ4n) is 4.95. The Morgan fingerprint density at radius 1 is 0.913 bits per heavy atom. The molecule has 9 nitrogen and oxygen atoms in total. The lowest BCUT2D eigenvalue weighted by molar-refractivity contribution is -0.136.